The summed E-state index contributed by atoms with van der Waals surface area (Å²) in [5.74, 6) is -0.987. The van der Waals surface area contributed by atoms with Crippen LogP contribution in [-0.4, -0.2) is 28.8 Å². The molecule has 1 aromatic rings. The highest BCUT2D eigenvalue weighted by Crippen LogP contribution is 2.39. The molecule has 0 bridgehead atoms. The summed E-state index contributed by atoms with van der Waals surface area (Å²) in [5, 5.41) is 12.7. The van der Waals surface area contributed by atoms with Gasteiger partial charge in [-0.3, -0.25) is 9.59 Å². The molecule has 6 heteroatoms. The molecule has 5 nitrogen and oxygen atoms in total. The van der Waals surface area contributed by atoms with Gasteiger partial charge in [-0.1, -0.05) is 0 Å². The number of methoxy groups -OCH3 is 1. The van der Waals surface area contributed by atoms with Crippen molar-refractivity contribution in [2.24, 2.45) is 5.41 Å². The van der Waals surface area contributed by atoms with Crippen molar-refractivity contribution in [3.8, 4) is 0 Å². The number of hydrogen-bond donors (Lipinski definition) is 1. The number of aliphatic hydroxyl groups is 1. The van der Waals surface area contributed by atoms with Crippen LogP contribution in [0, 0.1) is 5.41 Å². The third-order valence-electron chi connectivity index (χ3n) is 3.57. The molecule has 0 spiro atoms. The number of nitrogens with zero attached hydrogens (tertiary/aromatic N) is 1. The van der Waals surface area contributed by atoms with Crippen LogP contribution in [0.1, 0.15) is 25.8 Å². The summed E-state index contributed by atoms with van der Waals surface area (Å²) >= 11 is 1.39. The standard InChI is InChI=1S/C16H17NO4S/c1-9-13(19)12(14(20)16(2,3)15(9)21-4)10(18)5-6-11-17-7-8-22-11/h5-8,18H,1-4H3/b6-5+,12-10+. The number of ketones is 2. The SMILES string of the molecule is COC1=C(C)C(=O)/C(=C(O)/C=C/c2nccs2)C(=O)C1(C)C. The minimum atomic E-state index is -0.995. The molecular formula is C16H17NO4S. The van der Waals surface area contributed by atoms with E-state index in [1.807, 2.05) is 0 Å². The van der Waals surface area contributed by atoms with Crippen molar-refractivity contribution in [1.29, 1.82) is 0 Å². The van der Waals surface area contributed by atoms with Crippen LogP contribution in [0.25, 0.3) is 6.08 Å². The van der Waals surface area contributed by atoms with Crippen molar-refractivity contribution >= 4 is 29.0 Å². The Bertz CT molecular complexity index is 709. The van der Waals surface area contributed by atoms with E-state index in [1.165, 1.54) is 24.5 Å². The molecule has 0 atom stereocenters. The van der Waals surface area contributed by atoms with Crippen LogP contribution < -0.4 is 0 Å². The Morgan fingerprint density at radius 1 is 1.41 bits per heavy atom. The first-order valence-corrected chi connectivity index (χ1v) is 7.54. The van der Waals surface area contributed by atoms with Crippen LogP contribution in [0.5, 0.6) is 0 Å². The van der Waals surface area contributed by atoms with Crippen molar-refractivity contribution in [1.82, 2.24) is 4.98 Å². The lowest BCUT2D eigenvalue weighted by molar-refractivity contribution is -0.127. The smallest absolute Gasteiger partial charge is 0.199 e. The number of allylic oxidation sites excluding steroid dienone is 4. The number of hydrogen-bond acceptors (Lipinski definition) is 6. The average molecular weight is 319 g/mol. The molecule has 0 unspecified atom stereocenters. The van der Waals surface area contributed by atoms with Gasteiger partial charge in [-0.25, -0.2) is 4.98 Å². The predicted octanol–water partition coefficient (Wildman–Crippen LogP) is 3.07. The second kappa shape index (κ2) is 5.88. The second-order valence-corrected chi connectivity index (χ2v) is 6.33. The quantitative estimate of drug-likeness (QED) is 0.526. The minimum absolute atomic E-state index is 0.212. The number of rotatable bonds is 3. The lowest BCUT2D eigenvalue weighted by Gasteiger charge is -2.31. The molecule has 1 aliphatic rings. The van der Waals surface area contributed by atoms with Gasteiger partial charge in [0.2, 0.25) is 0 Å². The van der Waals surface area contributed by atoms with Crippen LogP contribution in [0.4, 0.5) is 0 Å². The van der Waals surface area contributed by atoms with E-state index in [0.717, 1.165) is 0 Å². The molecule has 1 aliphatic carbocycles. The molecular weight excluding hydrogens is 302 g/mol. The molecule has 0 saturated carbocycles. The number of ether oxygens (including phenoxy) is 1. The van der Waals surface area contributed by atoms with E-state index in [0.29, 0.717) is 16.3 Å². The molecule has 0 radical (unpaired) electrons. The fourth-order valence-corrected chi connectivity index (χ4v) is 3.00. The molecule has 0 aromatic carbocycles. The summed E-state index contributed by atoms with van der Waals surface area (Å²) in [6.07, 6.45) is 4.52. The van der Waals surface area contributed by atoms with Crippen LogP contribution >= 0.6 is 11.3 Å². The summed E-state index contributed by atoms with van der Waals surface area (Å²) in [4.78, 5) is 29.0. The number of aliphatic hydroxyl groups excluding tert-OH is 1. The Morgan fingerprint density at radius 2 is 2.09 bits per heavy atom. The zero-order chi connectivity index (χ0) is 16.5. The first-order chi connectivity index (χ1) is 10.3. The molecule has 1 heterocycles. The monoisotopic (exact) mass is 319 g/mol. The molecule has 0 amide bonds. The summed E-state index contributed by atoms with van der Waals surface area (Å²) in [7, 11) is 1.43. The van der Waals surface area contributed by atoms with E-state index in [2.05, 4.69) is 4.98 Å². The van der Waals surface area contributed by atoms with Crippen molar-refractivity contribution in [3.05, 3.63) is 45.3 Å². The van der Waals surface area contributed by atoms with E-state index >= 15 is 0 Å². The lowest BCUT2D eigenvalue weighted by atomic mass is 9.73. The van der Waals surface area contributed by atoms with E-state index < -0.39 is 17.0 Å². The Morgan fingerprint density at radius 3 is 2.64 bits per heavy atom. The number of aromatic nitrogens is 1. The molecule has 0 saturated heterocycles. The van der Waals surface area contributed by atoms with E-state index in [1.54, 1.807) is 38.4 Å². The largest absolute Gasteiger partial charge is 0.507 e. The van der Waals surface area contributed by atoms with Crippen molar-refractivity contribution in [3.63, 3.8) is 0 Å². The van der Waals surface area contributed by atoms with Crippen LogP contribution in [0.3, 0.4) is 0 Å². The highest BCUT2D eigenvalue weighted by Gasteiger charge is 2.45. The van der Waals surface area contributed by atoms with Gasteiger partial charge >= 0.3 is 0 Å². The predicted molar refractivity (Wildman–Crippen MR) is 84.3 cm³/mol. The average Bonchev–Trinajstić information content (AvgIpc) is 2.97. The molecule has 0 aliphatic heterocycles. The Balaban J connectivity index is 2.51. The molecule has 0 fully saturated rings. The molecule has 116 valence electrons. The maximum atomic E-state index is 12.6. The fourth-order valence-electron chi connectivity index (χ4n) is 2.47. The van der Waals surface area contributed by atoms with Gasteiger partial charge in [-0.05, 0) is 32.9 Å². The van der Waals surface area contributed by atoms with Gasteiger partial charge in [0.05, 0.1) is 12.5 Å². The topological polar surface area (TPSA) is 76.5 Å². The molecule has 1 N–H and O–H groups in total. The van der Waals surface area contributed by atoms with Gasteiger partial charge < -0.3 is 9.84 Å². The lowest BCUT2D eigenvalue weighted by Crippen LogP contribution is -2.38. The normalized spacial score (nSPS) is 20.7. The first kappa shape index (κ1) is 16.2. The summed E-state index contributed by atoms with van der Waals surface area (Å²) in [5.41, 5.74) is -0.877. The van der Waals surface area contributed by atoms with Crippen molar-refractivity contribution in [2.45, 2.75) is 20.8 Å². The number of thiazole rings is 1. The highest BCUT2D eigenvalue weighted by atomic mass is 32.1. The van der Waals surface area contributed by atoms with E-state index in [9.17, 15) is 14.7 Å². The van der Waals surface area contributed by atoms with Crippen LogP contribution in [0.15, 0.2) is 40.3 Å². The van der Waals surface area contributed by atoms with Crippen LogP contribution in [-0.2, 0) is 14.3 Å². The van der Waals surface area contributed by atoms with Gasteiger partial charge in [0.15, 0.2) is 11.6 Å². The van der Waals surface area contributed by atoms with Crippen LogP contribution in [0.2, 0.25) is 0 Å². The summed E-state index contributed by atoms with van der Waals surface area (Å²) in [6.45, 7) is 4.93. The second-order valence-electron chi connectivity index (χ2n) is 5.41. The molecule has 2 rings (SSSR count). The molecule has 1 aromatic heterocycles. The van der Waals surface area contributed by atoms with Gasteiger partial charge in [-0.15, -0.1) is 11.3 Å². The summed E-state index contributed by atoms with van der Waals surface area (Å²) < 4.78 is 5.21. The Labute approximate surface area is 132 Å². The maximum Gasteiger partial charge on any atom is 0.199 e. The van der Waals surface area contributed by atoms with Crippen molar-refractivity contribution < 1.29 is 19.4 Å². The third kappa shape index (κ3) is 2.62. The highest BCUT2D eigenvalue weighted by molar-refractivity contribution is 7.10. The third-order valence-corrected chi connectivity index (χ3v) is 4.31. The Hall–Kier alpha value is -2.21. The Kier molecular flexibility index (Phi) is 4.32. The first-order valence-electron chi connectivity index (χ1n) is 6.66. The minimum Gasteiger partial charge on any atom is -0.507 e. The number of carbonyl (C=O) groups is 2. The number of Topliss-reactive ketones (excluding diaryl/α,β-unsaturated/α-hetero) is 2. The molecule has 22 heavy (non-hydrogen) atoms. The number of carbonyl (C=O) groups excluding carboxylic acids is 2. The zero-order valence-corrected chi connectivity index (χ0v) is 13.7. The zero-order valence-electron chi connectivity index (χ0n) is 12.8. The maximum absolute atomic E-state index is 12.6. The van der Waals surface area contributed by atoms with Gasteiger partial charge in [0.1, 0.15) is 22.1 Å². The fraction of sp³-hybridized carbons (Fsp3) is 0.312. The summed E-state index contributed by atoms with van der Waals surface area (Å²) in [6, 6.07) is 0. The van der Waals surface area contributed by atoms with E-state index in [-0.39, 0.29) is 11.3 Å². The van der Waals surface area contributed by atoms with Gasteiger partial charge in [0, 0.05) is 17.2 Å². The van der Waals surface area contributed by atoms with Gasteiger partial charge in [-0.2, -0.15) is 0 Å². The van der Waals surface area contributed by atoms with Crippen molar-refractivity contribution in [2.75, 3.05) is 7.11 Å². The van der Waals surface area contributed by atoms with E-state index in [4.69, 9.17) is 4.74 Å². The van der Waals surface area contributed by atoms with Gasteiger partial charge in [0.25, 0.3) is 0 Å².